The van der Waals surface area contributed by atoms with Gasteiger partial charge in [-0.25, -0.2) is 0 Å². The second-order valence-electron chi connectivity index (χ2n) is 5.41. The summed E-state index contributed by atoms with van der Waals surface area (Å²) in [6, 6.07) is 22.4. The van der Waals surface area contributed by atoms with Crippen LogP contribution in [0.25, 0.3) is 21.8 Å². The smallest absolute Gasteiger partial charge is 0.118 e. The standard InChI is InChI=1S/C21H15NO/c1-23-17-11-8-15(9-12-17)6-7-16-10-13-21-19(14-16)18-4-2-3-5-20(18)22-21/h2-5,8-14,22H,1H3. The average molecular weight is 297 g/mol. The zero-order valence-electron chi connectivity index (χ0n) is 12.8. The molecule has 0 aliphatic rings. The number of nitrogens with one attached hydrogen (secondary N) is 1. The SMILES string of the molecule is COc1ccc(C#Cc2ccc3[nH]c4ccccc4c3c2)cc1. The highest BCUT2D eigenvalue weighted by Gasteiger charge is 2.03. The number of fused-ring (bicyclic) bond motifs is 3. The molecule has 110 valence electrons. The van der Waals surface area contributed by atoms with Gasteiger partial charge in [0.15, 0.2) is 0 Å². The monoisotopic (exact) mass is 297 g/mol. The van der Waals surface area contributed by atoms with E-state index < -0.39 is 0 Å². The molecule has 0 fully saturated rings. The van der Waals surface area contributed by atoms with Crippen LogP contribution in [0, 0.1) is 11.8 Å². The Bertz CT molecular complexity index is 1050. The minimum absolute atomic E-state index is 0.843. The number of aromatic amines is 1. The summed E-state index contributed by atoms with van der Waals surface area (Å²) in [6.45, 7) is 0. The van der Waals surface area contributed by atoms with Crippen LogP contribution in [0.3, 0.4) is 0 Å². The minimum Gasteiger partial charge on any atom is -0.497 e. The molecule has 0 bridgehead atoms. The Morgan fingerprint density at radius 2 is 1.43 bits per heavy atom. The lowest BCUT2D eigenvalue weighted by atomic mass is 10.1. The van der Waals surface area contributed by atoms with E-state index >= 15 is 0 Å². The van der Waals surface area contributed by atoms with Crippen molar-refractivity contribution in [2.45, 2.75) is 0 Å². The fraction of sp³-hybridized carbons (Fsp3) is 0.0476. The third-order valence-electron chi connectivity index (χ3n) is 3.95. The van der Waals surface area contributed by atoms with Gasteiger partial charge in [-0.15, -0.1) is 0 Å². The van der Waals surface area contributed by atoms with Crippen molar-refractivity contribution in [1.82, 2.24) is 4.98 Å². The molecule has 0 aliphatic carbocycles. The lowest BCUT2D eigenvalue weighted by Gasteiger charge is -1.97. The number of methoxy groups -OCH3 is 1. The summed E-state index contributed by atoms with van der Waals surface area (Å²) in [5.41, 5.74) is 4.28. The molecule has 0 unspecified atom stereocenters. The van der Waals surface area contributed by atoms with E-state index in [-0.39, 0.29) is 0 Å². The molecule has 1 aromatic heterocycles. The Labute approximate surface area is 134 Å². The maximum atomic E-state index is 5.16. The molecular weight excluding hydrogens is 282 g/mol. The second-order valence-corrected chi connectivity index (χ2v) is 5.41. The Kier molecular flexibility index (Phi) is 3.25. The summed E-state index contributed by atoms with van der Waals surface area (Å²) < 4.78 is 5.16. The number of para-hydroxylation sites is 1. The maximum absolute atomic E-state index is 5.16. The predicted octanol–water partition coefficient (Wildman–Crippen LogP) is 4.73. The van der Waals surface area contributed by atoms with Gasteiger partial charge in [0.2, 0.25) is 0 Å². The molecule has 0 radical (unpaired) electrons. The van der Waals surface area contributed by atoms with Gasteiger partial charge < -0.3 is 9.72 Å². The van der Waals surface area contributed by atoms with Crippen molar-refractivity contribution in [3.8, 4) is 17.6 Å². The number of ether oxygens (including phenoxy) is 1. The van der Waals surface area contributed by atoms with E-state index in [2.05, 4.69) is 47.2 Å². The summed E-state index contributed by atoms with van der Waals surface area (Å²) in [5.74, 6) is 7.29. The van der Waals surface area contributed by atoms with E-state index in [0.29, 0.717) is 0 Å². The van der Waals surface area contributed by atoms with E-state index in [9.17, 15) is 0 Å². The molecule has 1 heterocycles. The summed E-state index contributed by atoms with van der Waals surface area (Å²) in [5, 5.41) is 2.44. The van der Waals surface area contributed by atoms with Crippen molar-refractivity contribution in [3.05, 3.63) is 77.9 Å². The average Bonchev–Trinajstić information content (AvgIpc) is 2.98. The van der Waals surface area contributed by atoms with Crippen LogP contribution in [-0.2, 0) is 0 Å². The Balaban J connectivity index is 1.74. The number of H-pyrrole nitrogens is 1. The van der Waals surface area contributed by atoms with Gasteiger partial charge in [-0.05, 0) is 48.5 Å². The van der Waals surface area contributed by atoms with E-state index in [4.69, 9.17) is 4.74 Å². The van der Waals surface area contributed by atoms with E-state index in [1.54, 1.807) is 7.11 Å². The second kappa shape index (κ2) is 5.55. The quantitative estimate of drug-likeness (QED) is 0.505. The Morgan fingerprint density at radius 1 is 0.739 bits per heavy atom. The largest absolute Gasteiger partial charge is 0.497 e. The van der Waals surface area contributed by atoms with Crippen LogP contribution in [0.1, 0.15) is 11.1 Å². The molecule has 2 heteroatoms. The molecule has 0 amide bonds. The zero-order valence-corrected chi connectivity index (χ0v) is 12.8. The molecule has 1 N–H and O–H groups in total. The van der Waals surface area contributed by atoms with Gasteiger partial charge in [-0.3, -0.25) is 0 Å². The van der Waals surface area contributed by atoms with Crippen LogP contribution in [-0.4, -0.2) is 12.1 Å². The normalized spacial score (nSPS) is 10.5. The summed E-state index contributed by atoms with van der Waals surface area (Å²) in [4.78, 5) is 3.43. The highest BCUT2D eigenvalue weighted by Crippen LogP contribution is 2.25. The Morgan fingerprint density at radius 3 is 2.26 bits per heavy atom. The number of rotatable bonds is 1. The molecule has 0 saturated carbocycles. The van der Waals surface area contributed by atoms with Crippen LogP contribution in [0.4, 0.5) is 0 Å². The molecule has 0 spiro atoms. The summed E-state index contributed by atoms with van der Waals surface area (Å²) in [7, 11) is 1.66. The molecule has 23 heavy (non-hydrogen) atoms. The molecule has 0 aliphatic heterocycles. The van der Waals surface area contributed by atoms with E-state index in [0.717, 1.165) is 27.9 Å². The first-order chi connectivity index (χ1) is 11.3. The topological polar surface area (TPSA) is 25.0 Å². The molecular formula is C21H15NO. The molecule has 4 aromatic rings. The first-order valence-electron chi connectivity index (χ1n) is 7.50. The first kappa shape index (κ1) is 13.5. The third kappa shape index (κ3) is 2.54. The lowest BCUT2D eigenvalue weighted by Crippen LogP contribution is -1.82. The fourth-order valence-electron chi connectivity index (χ4n) is 2.74. The van der Waals surface area contributed by atoms with Crippen LogP contribution in [0.5, 0.6) is 5.75 Å². The fourth-order valence-corrected chi connectivity index (χ4v) is 2.74. The van der Waals surface area contributed by atoms with Crippen LogP contribution in [0.2, 0.25) is 0 Å². The lowest BCUT2D eigenvalue weighted by molar-refractivity contribution is 0.415. The zero-order chi connectivity index (χ0) is 15.6. The number of hydrogen-bond donors (Lipinski definition) is 1. The maximum Gasteiger partial charge on any atom is 0.118 e. The van der Waals surface area contributed by atoms with Crippen molar-refractivity contribution >= 4 is 21.8 Å². The first-order valence-corrected chi connectivity index (χ1v) is 7.50. The van der Waals surface area contributed by atoms with Gasteiger partial charge in [0, 0.05) is 32.9 Å². The van der Waals surface area contributed by atoms with Crippen molar-refractivity contribution in [2.75, 3.05) is 7.11 Å². The molecule has 2 nitrogen and oxygen atoms in total. The predicted molar refractivity (Wildman–Crippen MR) is 94.8 cm³/mol. The van der Waals surface area contributed by atoms with E-state index in [1.165, 1.54) is 10.8 Å². The Hall–Kier alpha value is -3.18. The van der Waals surface area contributed by atoms with Gasteiger partial charge in [-0.2, -0.15) is 0 Å². The van der Waals surface area contributed by atoms with Gasteiger partial charge in [0.25, 0.3) is 0 Å². The van der Waals surface area contributed by atoms with Gasteiger partial charge >= 0.3 is 0 Å². The van der Waals surface area contributed by atoms with Crippen LogP contribution < -0.4 is 4.74 Å². The third-order valence-corrected chi connectivity index (χ3v) is 3.95. The number of hydrogen-bond acceptors (Lipinski definition) is 1. The molecule has 3 aromatic carbocycles. The minimum atomic E-state index is 0.843. The van der Waals surface area contributed by atoms with Gasteiger partial charge in [0.1, 0.15) is 5.75 Å². The van der Waals surface area contributed by atoms with E-state index in [1.807, 2.05) is 36.4 Å². The number of aromatic nitrogens is 1. The van der Waals surface area contributed by atoms with Crippen molar-refractivity contribution in [2.24, 2.45) is 0 Å². The van der Waals surface area contributed by atoms with Crippen molar-refractivity contribution < 1.29 is 4.74 Å². The molecule has 0 atom stereocenters. The highest BCUT2D eigenvalue weighted by atomic mass is 16.5. The summed E-state index contributed by atoms with van der Waals surface area (Å²) in [6.07, 6.45) is 0. The summed E-state index contributed by atoms with van der Waals surface area (Å²) >= 11 is 0. The van der Waals surface area contributed by atoms with Crippen LogP contribution in [0.15, 0.2) is 66.7 Å². The van der Waals surface area contributed by atoms with Crippen molar-refractivity contribution in [3.63, 3.8) is 0 Å². The molecule has 4 rings (SSSR count). The van der Waals surface area contributed by atoms with Crippen molar-refractivity contribution in [1.29, 1.82) is 0 Å². The van der Waals surface area contributed by atoms with Crippen LogP contribution >= 0.6 is 0 Å². The number of benzene rings is 3. The van der Waals surface area contributed by atoms with Gasteiger partial charge in [0.05, 0.1) is 7.11 Å². The highest BCUT2D eigenvalue weighted by molar-refractivity contribution is 6.07. The van der Waals surface area contributed by atoms with Gasteiger partial charge in [-0.1, -0.05) is 30.0 Å². The molecule has 0 saturated heterocycles.